The van der Waals surface area contributed by atoms with Crippen LogP contribution in [-0.2, 0) is 11.2 Å². The highest BCUT2D eigenvalue weighted by atomic mass is 16.1. The molecule has 3 rings (SSSR count). The first-order chi connectivity index (χ1) is 8.92. The van der Waals surface area contributed by atoms with E-state index in [4.69, 9.17) is 0 Å². The quantitative estimate of drug-likeness (QED) is 0.819. The lowest BCUT2D eigenvalue weighted by atomic mass is 10.1. The van der Waals surface area contributed by atoms with Crippen molar-refractivity contribution in [2.24, 2.45) is 0 Å². The first-order valence-corrected chi connectivity index (χ1v) is 6.04. The third kappa shape index (κ3) is 3.17. The average Bonchev–Trinajstić information content (AvgIpc) is 2.86. The predicted octanol–water partition coefficient (Wildman–Crippen LogP) is 2.50. The molecule has 0 saturated carbocycles. The van der Waals surface area contributed by atoms with Gasteiger partial charge in [0.15, 0.2) is 0 Å². The van der Waals surface area contributed by atoms with Gasteiger partial charge in [-0.15, -0.1) is 0 Å². The number of hydrogen-bond donors (Lipinski definition) is 1. The molecule has 92 valence electrons. The zero-order chi connectivity index (χ0) is 12.6. The maximum absolute atomic E-state index is 10.3. The molecular formula is C15H16N2O. The number of aryl methyl sites for hydroxylation is 1. The Morgan fingerprint density at radius 3 is 2.50 bits per heavy atom. The maximum Gasteiger partial charge on any atom is 0.207 e. The van der Waals surface area contributed by atoms with Gasteiger partial charge >= 0.3 is 0 Å². The monoisotopic (exact) mass is 240 g/mol. The minimum atomic E-state index is 0.249. The maximum atomic E-state index is 10.3. The number of hydrogen-bond acceptors (Lipinski definition) is 2. The van der Waals surface area contributed by atoms with Gasteiger partial charge in [0.25, 0.3) is 0 Å². The standard InChI is InChI=1S/C10H11NO.C5H5N/c12-7-11-10-6-5-8-3-1-2-4-9(8)10;1-2-4-6-5-3-1/h1-4,7,10H,5-6H2,(H,11,12);1-5H. The van der Waals surface area contributed by atoms with Crippen LogP contribution < -0.4 is 5.32 Å². The molecule has 0 radical (unpaired) electrons. The Morgan fingerprint density at radius 1 is 1.11 bits per heavy atom. The summed E-state index contributed by atoms with van der Waals surface area (Å²) in [6, 6.07) is 14.2. The van der Waals surface area contributed by atoms with Crippen LogP contribution >= 0.6 is 0 Å². The van der Waals surface area contributed by atoms with Gasteiger partial charge in [-0.25, -0.2) is 0 Å². The predicted molar refractivity (Wildman–Crippen MR) is 70.9 cm³/mol. The summed E-state index contributed by atoms with van der Waals surface area (Å²) in [5, 5.41) is 2.82. The molecule has 0 bridgehead atoms. The molecule has 0 fully saturated rings. The summed E-state index contributed by atoms with van der Waals surface area (Å²) in [5.41, 5.74) is 2.65. The van der Waals surface area contributed by atoms with Crippen molar-refractivity contribution in [1.82, 2.24) is 10.3 Å². The molecule has 1 heterocycles. The molecule has 18 heavy (non-hydrogen) atoms. The Morgan fingerprint density at radius 2 is 1.89 bits per heavy atom. The number of fused-ring (bicyclic) bond motifs is 1. The molecule has 1 aromatic carbocycles. The van der Waals surface area contributed by atoms with Gasteiger partial charge in [-0.3, -0.25) is 9.78 Å². The fraction of sp³-hybridized carbons (Fsp3) is 0.200. The normalized spacial score (nSPS) is 16.1. The second kappa shape index (κ2) is 6.55. The molecule has 1 aromatic heterocycles. The number of carbonyl (C=O) groups is 1. The topological polar surface area (TPSA) is 42.0 Å². The highest BCUT2D eigenvalue weighted by Crippen LogP contribution is 2.29. The van der Waals surface area contributed by atoms with Crippen LogP contribution in [0.4, 0.5) is 0 Å². The van der Waals surface area contributed by atoms with Crippen LogP contribution in [0.2, 0.25) is 0 Å². The molecule has 3 nitrogen and oxygen atoms in total. The lowest BCUT2D eigenvalue weighted by Gasteiger charge is -2.08. The summed E-state index contributed by atoms with van der Waals surface area (Å²) in [6.45, 7) is 0. The minimum Gasteiger partial charge on any atom is -0.352 e. The van der Waals surface area contributed by atoms with Gasteiger partial charge < -0.3 is 5.32 Å². The molecule has 0 aliphatic heterocycles. The molecule has 1 aliphatic rings. The molecule has 3 heteroatoms. The van der Waals surface area contributed by atoms with Crippen LogP contribution in [-0.4, -0.2) is 11.4 Å². The Bertz CT molecular complexity index is 458. The number of nitrogens with one attached hydrogen (secondary N) is 1. The van der Waals surface area contributed by atoms with Gasteiger partial charge in [-0.2, -0.15) is 0 Å². The van der Waals surface area contributed by atoms with E-state index < -0.39 is 0 Å². The second-order valence-electron chi connectivity index (χ2n) is 4.10. The van der Waals surface area contributed by atoms with Crippen molar-refractivity contribution < 1.29 is 4.79 Å². The van der Waals surface area contributed by atoms with Crippen molar-refractivity contribution >= 4 is 6.41 Å². The second-order valence-corrected chi connectivity index (χ2v) is 4.10. The van der Waals surface area contributed by atoms with Crippen LogP contribution in [0.25, 0.3) is 0 Å². The van der Waals surface area contributed by atoms with E-state index in [-0.39, 0.29) is 6.04 Å². The molecule has 2 aromatic rings. The smallest absolute Gasteiger partial charge is 0.207 e. The number of nitrogens with zero attached hydrogens (tertiary/aromatic N) is 1. The molecular weight excluding hydrogens is 224 g/mol. The summed E-state index contributed by atoms with van der Waals surface area (Å²) in [6.07, 6.45) is 6.41. The van der Waals surface area contributed by atoms with E-state index in [0.717, 1.165) is 19.3 Å². The van der Waals surface area contributed by atoms with Crippen LogP contribution in [0.3, 0.4) is 0 Å². The van der Waals surface area contributed by atoms with Crippen molar-refractivity contribution in [1.29, 1.82) is 0 Å². The molecule has 1 N–H and O–H groups in total. The van der Waals surface area contributed by atoms with Gasteiger partial charge in [0.05, 0.1) is 6.04 Å². The SMILES string of the molecule is O=CNC1CCc2ccccc21.c1ccncc1. The lowest BCUT2D eigenvalue weighted by Crippen LogP contribution is -2.16. The largest absolute Gasteiger partial charge is 0.352 e. The Balaban J connectivity index is 0.000000169. The minimum absolute atomic E-state index is 0.249. The van der Waals surface area contributed by atoms with Gasteiger partial charge in [-0.1, -0.05) is 30.3 Å². The fourth-order valence-corrected chi connectivity index (χ4v) is 2.13. The highest BCUT2D eigenvalue weighted by Gasteiger charge is 2.20. The summed E-state index contributed by atoms with van der Waals surface area (Å²) < 4.78 is 0. The van der Waals surface area contributed by atoms with Gasteiger partial charge in [0, 0.05) is 12.4 Å². The molecule has 0 spiro atoms. The molecule has 1 aliphatic carbocycles. The Hall–Kier alpha value is -2.16. The van der Waals surface area contributed by atoms with Crippen molar-refractivity contribution in [3.63, 3.8) is 0 Å². The van der Waals surface area contributed by atoms with Crippen molar-refractivity contribution in [2.45, 2.75) is 18.9 Å². The van der Waals surface area contributed by atoms with Gasteiger partial charge in [0.2, 0.25) is 6.41 Å². The number of amides is 1. The van der Waals surface area contributed by atoms with Crippen molar-refractivity contribution in [3.8, 4) is 0 Å². The van der Waals surface area contributed by atoms with Crippen LogP contribution in [0, 0.1) is 0 Å². The summed E-state index contributed by atoms with van der Waals surface area (Å²) in [7, 11) is 0. The van der Waals surface area contributed by atoms with E-state index in [0.29, 0.717) is 0 Å². The third-order valence-electron chi connectivity index (χ3n) is 2.97. The number of aromatic nitrogens is 1. The third-order valence-corrected chi connectivity index (χ3v) is 2.97. The van der Waals surface area contributed by atoms with Crippen molar-refractivity contribution in [3.05, 3.63) is 66.0 Å². The highest BCUT2D eigenvalue weighted by molar-refractivity contribution is 5.49. The summed E-state index contributed by atoms with van der Waals surface area (Å²) in [5.74, 6) is 0. The van der Waals surface area contributed by atoms with Crippen LogP contribution in [0.1, 0.15) is 23.6 Å². The zero-order valence-electron chi connectivity index (χ0n) is 10.1. The summed E-state index contributed by atoms with van der Waals surface area (Å²) >= 11 is 0. The van der Waals surface area contributed by atoms with E-state index in [9.17, 15) is 4.79 Å². The number of rotatable bonds is 2. The van der Waals surface area contributed by atoms with E-state index in [1.165, 1.54) is 11.1 Å². The first-order valence-electron chi connectivity index (χ1n) is 6.04. The zero-order valence-corrected chi connectivity index (χ0v) is 10.1. The lowest BCUT2D eigenvalue weighted by molar-refractivity contribution is -0.110. The number of benzene rings is 1. The molecule has 1 amide bonds. The van der Waals surface area contributed by atoms with Crippen molar-refractivity contribution in [2.75, 3.05) is 0 Å². The van der Waals surface area contributed by atoms with E-state index in [2.05, 4.69) is 22.4 Å². The van der Waals surface area contributed by atoms with Crippen LogP contribution in [0.15, 0.2) is 54.9 Å². The average molecular weight is 240 g/mol. The molecule has 1 atom stereocenters. The number of pyridine rings is 1. The Labute approximate surface area is 107 Å². The summed E-state index contributed by atoms with van der Waals surface area (Å²) in [4.78, 5) is 14.0. The fourth-order valence-electron chi connectivity index (χ4n) is 2.13. The van der Waals surface area contributed by atoms with Gasteiger partial charge in [-0.05, 0) is 36.1 Å². The first kappa shape index (κ1) is 12.3. The van der Waals surface area contributed by atoms with Gasteiger partial charge in [0.1, 0.15) is 0 Å². The molecule has 1 unspecified atom stereocenters. The van der Waals surface area contributed by atoms with E-state index in [1.54, 1.807) is 12.4 Å². The Kier molecular flexibility index (Phi) is 4.47. The van der Waals surface area contributed by atoms with E-state index in [1.807, 2.05) is 30.3 Å². The molecule has 0 saturated heterocycles. The number of carbonyl (C=O) groups excluding carboxylic acids is 1. The van der Waals surface area contributed by atoms with Crippen LogP contribution in [0.5, 0.6) is 0 Å². The van der Waals surface area contributed by atoms with E-state index >= 15 is 0 Å².